The van der Waals surface area contributed by atoms with E-state index in [1.165, 1.54) is 19.2 Å². The second-order valence-corrected chi connectivity index (χ2v) is 4.43. The number of hydrogen-bond acceptors (Lipinski definition) is 6. The molecule has 1 atom stereocenters. The van der Waals surface area contributed by atoms with Crippen LogP contribution in [0.4, 0.5) is 17.1 Å². The predicted octanol–water partition coefficient (Wildman–Crippen LogP) is 1.84. The van der Waals surface area contributed by atoms with E-state index < -0.39 is 4.92 Å². The molecule has 0 bridgehead atoms. The van der Waals surface area contributed by atoms with Crippen LogP contribution >= 0.6 is 0 Å². The number of hydrogen-bond donors (Lipinski definition) is 3. The Kier molecular flexibility index (Phi) is 6.75. The Bertz CT molecular complexity index is 440. The van der Waals surface area contributed by atoms with E-state index in [0.717, 1.165) is 13.0 Å². The Morgan fingerprint density at radius 3 is 2.65 bits per heavy atom. The highest BCUT2D eigenvalue weighted by molar-refractivity contribution is 5.63. The molecule has 1 aromatic carbocycles. The van der Waals surface area contributed by atoms with Crippen LogP contribution in [0.1, 0.15) is 13.3 Å². The molecule has 0 aromatic heterocycles. The number of aliphatic hydroxyl groups is 1. The lowest BCUT2D eigenvalue weighted by molar-refractivity contribution is -0.384. The number of nitro groups is 1. The van der Waals surface area contributed by atoms with E-state index in [0.29, 0.717) is 18.0 Å². The normalized spacial score (nSPS) is 11.9. The van der Waals surface area contributed by atoms with Gasteiger partial charge in [0, 0.05) is 37.2 Å². The Morgan fingerprint density at radius 2 is 2.10 bits per heavy atom. The van der Waals surface area contributed by atoms with Crippen molar-refractivity contribution in [2.45, 2.75) is 19.4 Å². The molecular weight excluding hydrogens is 262 g/mol. The summed E-state index contributed by atoms with van der Waals surface area (Å²) >= 11 is 0. The molecule has 1 unspecified atom stereocenters. The van der Waals surface area contributed by atoms with Gasteiger partial charge in [0.05, 0.1) is 24.2 Å². The Hall–Kier alpha value is -1.86. The molecule has 0 heterocycles. The zero-order valence-corrected chi connectivity index (χ0v) is 11.8. The molecule has 3 N–H and O–H groups in total. The van der Waals surface area contributed by atoms with Crippen LogP contribution in [0.25, 0.3) is 0 Å². The van der Waals surface area contributed by atoms with Crippen molar-refractivity contribution in [3.8, 4) is 0 Å². The minimum Gasteiger partial charge on any atom is -0.394 e. The third kappa shape index (κ3) is 5.02. The van der Waals surface area contributed by atoms with Gasteiger partial charge in [-0.1, -0.05) is 6.92 Å². The third-order valence-corrected chi connectivity index (χ3v) is 2.67. The highest BCUT2D eigenvalue weighted by Gasteiger charge is 2.12. The lowest BCUT2D eigenvalue weighted by Gasteiger charge is -2.17. The van der Waals surface area contributed by atoms with E-state index in [1.54, 1.807) is 6.07 Å². The van der Waals surface area contributed by atoms with Crippen molar-refractivity contribution >= 4 is 17.1 Å². The zero-order chi connectivity index (χ0) is 15.0. The molecule has 1 rings (SSSR count). The minimum absolute atomic E-state index is 0.00251. The van der Waals surface area contributed by atoms with Crippen LogP contribution in [0.2, 0.25) is 0 Å². The first kappa shape index (κ1) is 16.2. The molecule has 0 saturated heterocycles. The second-order valence-electron chi connectivity index (χ2n) is 4.43. The number of benzene rings is 1. The summed E-state index contributed by atoms with van der Waals surface area (Å²) in [6, 6.07) is 4.41. The molecule has 0 amide bonds. The van der Waals surface area contributed by atoms with E-state index in [-0.39, 0.29) is 18.3 Å². The third-order valence-electron chi connectivity index (χ3n) is 2.67. The summed E-state index contributed by atoms with van der Waals surface area (Å²) in [5.74, 6) is 0. The van der Waals surface area contributed by atoms with Crippen LogP contribution in [0.5, 0.6) is 0 Å². The van der Waals surface area contributed by atoms with Gasteiger partial charge in [-0.15, -0.1) is 0 Å². The first-order valence-electron chi connectivity index (χ1n) is 6.50. The number of nitro benzene ring substituents is 1. The maximum atomic E-state index is 10.9. The number of ether oxygens (including phenoxy) is 1. The maximum absolute atomic E-state index is 10.9. The van der Waals surface area contributed by atoms with Crippen molar-refractivity contribution in [2.75, 3.05) is 37.5 Å². The van der Waals surface area contributed by atoms with Crippen molar-refractivity contribution in [2.24, 2.45) is 0 Å². The van der Waals surface area contributed by atoms with E-state index in [1.807, 2.05) is 6.92 Å². The van der Waals surface area contributed by atoms with Gasteiger partial charge in [-0.25, -0.2) is 0 Å². The first-order chi connectivity index (χ1) is 9.60. The summed E-state index contributed by atoms with van der Waals surface area (Å²) in [6.45, 7) is 2.96. The molecule has 1 aromatic rings. The Balaban J connectivity index is 2.92. The Labute approximate surface area is 118 Å². The number of nitrogens with zero attached hydrogens (tertiary/aromatic N) is 1. The van der Waals surface area contributed by atoms with E-state index in [9.17, 15) is 15.2 Å². The average Bonchev–Trinajstić information content (AvgIpc) is 2.44. The van der Waals surface area contributed by atoms with Gasteiger partial charge >= 0.3 is 0 Å². The number of anilines is 2. The van der Waals surface area contributed by atoms with Crippen LogP contribution in [0.15, 0.2) is 18.2 Å². The van der Waals surface area contributed by atoms with Gasteiger partial charge in [-0.3, -0.25) is 10.1 Å². The minimum atomic E-state index is -0.438. The summed E-state index contributed by atoms with van der Waals surface area (Å²) < 4.78 is 4.97. The SMILES string of the molecule is CCCNc1cc(NC(CO)COC)cc([N+](=O)[O-])c1. The lowest BCUT2D eigenvalue weighted by atomic mass is 10.2. The quantitative estimate of drug-likeness (QED) is 0.472. The summed E-state index contributed by atoms with van der Waals surface area (Å²) in [5.41, 5.74) is 1.26. The van der Waals surface area contributed by atoms with Crippen molar-refractivity contribution in [3.05, 3.63) is 28.3 Å². The predicted molar refractivity (Wildman–Crippen MR) is 78.2 cm³/mol. The van der Waals surface area contributed by atoms with Crippen molar-refractivity contribution in [3.63, 3.8) is 0 Å². The van der Waals surface area contributed by atoms with Crippen LogP contribution in [0.3, 0.4) is 0 Å². The highest BCUT2D eigenvalue weighted by Crippen LogP contribution is 2.24. The van der Waals surface area contributed by atoms with Crippen molar-refractivity contribution in [1.82, 2.24) is 0 Å². The van der Waals surface area contributed by atoms with E-state index in [2.05, 4.69) is 10.6 Å². The van der Waals surface area contributed by atoms with Gasteiger partial charge < -0.3 is 20.5 Å². The Morgan fingerprint density at radius 1 is 1.40 bits per heavy atom. The molecule has 0 aliphatic heterocycles. The molecule has 0 radical (unpaired) electrons. The number of aliphatic hydroxyl groups excluding tert-OH is 1. The summed E-state index contributed by atoms with van der Waals surface area (Å²) in [6.07, 6.45) is 0.925. The molecule has 112 valence electrons. The molecule has 0 fully saturated rings. The second kappa shape index (κ2) is 8.34. The van der Waals surface area contributed by atoms with E-state index in [4.69, 9.17) is 4.74 Å². The first-order valence-corrected chi connectivity index (χ1v) is 6.50. The zero-order valence-electron chi connectivity index (χ0n) is 11.8. The maximum Gasteiger partial charge on any atom is 0.273 e. The molecule has 0 spiro atoms. The summed E-state index contributed by atoms with van der Waals surface area (Å²) in [7, 11) is 1.53. The van der Waals surface area contributed by atoms with Gasteiger partial charge in [0.15, 0.2) is 0 Å². The fraction of sp³-hybridized carbons (Fsp3) is 0.538. The van der Waals surface area contributed by atoms with Gasteiger partial charge in [0.1, 0.15) is 0 Å². The molecule has 7 heteroatoms. The molecule has 0 saturated carbocycles. The molecular formula is C13H21N3O4. The van der Waals surface area contributed by atoms with Crippen LogP contribution < -0.4 is 10.6 Å². The molecule has 7 nitrogen and oxygen atoms in total. The molecule has 20 heavy (non-hydrogen) atoms. The summed E-state index contributed by atoms with van der Waals surface area (Å²) in [4.78, 5) is 10.5. The largest absolute Gasteiger partial charge is 0.394 e. The standard InChI is InChI=1S/C13H21N3O4/c1-3-4-14-10-5-11(7-13(6-10)16(18)19)15-12(8-17)9-20-2/h5-7,12,14-15,17H,3-4,8-9H2,1-2H3. The van der Waals surface area contributed by atoms with Crippen LogP contribution in [-0.4, -0.2) is 42.9 Å². The smallest absolute Gasteiger partial charge is 0.273 e. The van der Waals surface area contributed by atoms with Gasteiger partial charge in [0.25, 0.3) is 5.69 Å². The number of non-ortho nitro benzene ring substituents is 1. The average molecular weight is 283 g/mol. The van der Waals surface area contributed by atoms with Crippen LogP contribution in [-0.2, 0) is 4.74 Å². The topological polar surface area (TPSA) is 96.7 Å². The lowest BCUT2D eigenvalue weighted by Crippen LogP contribution is -2.28. The molecule has 0 aliphatic carbocycles. The number of nitrogens with one attached hydrogen (secondary N) is 2. The fourth-order valence-corrected chi connectivity index (χ4v) is 1.75. The van der Waals surface area contributed by atoms with Gasteiger partial charge in [-0.05, 0) is 12.5 Å². The fourth-order valence-electron chi connectivity index (χ4n) is 1.75. The van der Waals surface area contributed by atoms with Crippen LogP contribution in [0, 0.1) is 10.1 Å². The van der Waals surface area contributed by atoms with Gasteiger partial charge in [0.2, 0.25) is 0 Å². The highest BCUT2D eigenvalue weighted by atomic mass is 16.6. The number of rotatable bonds is 9. The van der Waals surface area contributed by atoms with E-state index >= 15 is 0 Å². The summed E-state index contributed by atoms with van der Waals surface area (Å²) in [5, 5.41) is 26.3. The van der Waals surface area contributed by atoms with Crippen molar-refractivity contribution in [1.29, 1.82) is 0 Å². The number of methoxy groups -OCH3 is 1. The monoisotopic (exact) mass is 283 g/mol. The van der Waals surface area contributed by atoms with Gasteiger partial charge in [-0.2, -0.15) is 0 Å². The van der Waals surface area contributed by atoms with Crippen molar-refractivity contribution < 1.29 is 14.8 Å². The molecule has 0 aliphatic rings.